The van der Waals surface area contributed by atoms with Crippen LogP contribution in [0.4, 0.5) is 17.6 Å². The Morgan fingerprint density at radius 1 is 0.568 bits per heavy atom. The average Bonchev–Trinajstić information content (AvgIpc) is 3.36. The molecular formula is C64H98BrF4IN4O4P2Pd. The van der Waals surface area contributed by atoms with Gasteiger partial charge >= 0.3 is 0 Å². The molecule has 81 heavy (non-hydrogen) atoms. The van der Waals surface area contributed by atoms with Gasteiger partial charge in [0.2, 0.25) is 11.8 Å². The number of benzene rings is 4. The van der Waals surface area contributed by atoms with Crippen LogP contribution in [-0.2, 0) is 60.4 Å². The number of aliphatic hydroxyl groups excluding tert-OH is 2. The number of hydrogen-bond donors (Lipinski definition) is 6. The van der Waals surface area contributed by atoms with Gasteiger partial charge in [0.1, 0.15) is 23.3 Å². The summed E-state index contributed by atoms with van der Waals surface area (Å²) in [7, 11) is 0.759. The zero-order valence-corrected chi connectivity index (χ0v) is 58.0. The Kier molecular flexibility index (Phi) is 36.5. The van der Waals surface area contributed by atoms with Gasteiger partial charge in [0.15, 0.2) is 0 Å². The molecule has 8 nitrogen and oxygen atoms in total. The summed E-state index contributed by atoms with van der Waals surface area (Å²) in [6.07, 6.45) is 9.98. The molecule has 17 heteroatoms. The quantitative estimate of drug-likeness (QED) is 0.0206. The van der Waals surface area contributed by atoms with Gasteiger partial charge < -0.3 is 31.5 Å². The SMILES string of the molecule is CC(=O)N[C@@H](Cc1cc(F)cc(F)c1)[C@H](O)CNC1(c2cccc(Br)c2)CCCCC1.CC(=O)N[C@@H](Cc1cc(F)cc(F)c1)[C@H](O)CNC1(c2cccc(CC(C)(C)C)c2)CCCCC1.CC(C)(C)CI.CP(C)C.CP(C)C.[Pd]. The van der Waals surface area contributed by atoms with Gasteiger partial charge in [0, 0.05) is 79.5 Å². The first-order chi connectivity index (χ1) is 37.3. The van der Waals surface area contributed by atoms with Gasteiger partial charge in [0.05, 0.1) is 24.3 Å². The Balaban J connectivity index is 0.000000652. The Bertz CT molecular complexity index is 2400. The van der Waals surface area contributed by atoms with Gasteiger partial charge in [-0.1, -0.05) is 155 Å². The van der Waals surface area contributed by atoms with E-state index in [1.807, 2.05) is 12.1 Å². The minimum Gasteiger partial charge on any atom is -0.390 e. The van der Waals surface area contributed by atoms with Crippen molar-refractivity contribution in [3.8, 4) is 0 Å². The van der Waals surface area contributed by atoms with Gasteiger partial charge in [0.25, 0.3) is 0 Å². The number of amides is 2. The summed E-state index contributed by atoms with van der Waals surface area (Å²) in [4.78, 5) is 23.5. The molecule has 6 N–H and O–H groups in total. The van der Waals surface area contributed by atoms with Crippen molar-refractivity contribution >= 4 is 66.2 Å². The van der Waals surface area contributed by atoms with Crippen LogP contribution in [0.25, 0.3) is 0 Å². The van der Waals surface area contributed by atoms with Crippen LogP contribution in [0.5, 0.6) is 0 Å². The van der Waals surface area contributed by atoms with E-state index in [1.54, 1.807) is 0 Å². The van der Waals surface area contributed by atoms with Crippen molar-refractivity contribution in [3.63, 3.8) is 0 Å². The standard InChI is InChI=1S/C29H40F2N2O2.C24H29BrF2N2O2.C5H11I.2C3H9P.Pd/c1-20(34)33-26(16-22-14-24(30)17-25(31)15-22)27(35)19-32-29(11-6-5-7-12-29)23-10-8-9-21(13-23)18-28(2,3)4;1-16(30)29-22(12-17-10-20(26)14-21(27)11-17)23(31)15-28-24(8-3-2-4-9-24)18-6-5-7-19(25)13-18;1-5(2,3)4-6;2*1-4(2)3;/h8-10,13-15,17,26-27,32,35H,5-7,11-12,16,18-19H2,1-4H3,(H,33,34);5-7,10-11,13-14,22-23,28,31H,2-4,8-9,12,15H2,1H3,(H,29,30);4H2,1-3H3;2*1-3H3;/t26-,27+;22-,23+;;;;/m00..../s1. The fourth-order valence-corrected chi connectivity index (χ4v) is 10.2. The molecule has 0 heterocycles. The van der Waals surface area contributed by atoms with Crippen LogP contribution in [0.2, 0.25) is 0 Å². The minimum atomic E-state index is -0.929. The monoisotopic (exact) mass is 1440 g/mol. The second-order valence-corrected chi connectivity index (χ2v) is 32.1. The van der Waals surface area contributed by atoms with Crippen molar-refractivity contribution in [2.45, 2.75) is 174 Å². The Hall–Kier alpha value is -1.89. The fourth-order valence-electron chi connectivity index (χ4n) is 9.76. The molecule has 0 spiro atoms. The molecule has 2 amide bonds. The van der Waals surface area contributed by atoms with Crippen LogP contribution in [-0.4, -0.2) is 104 Å². The van der Waals surface area contributed by atoms with E-state index < -0.39 is 47.6 Å². The Morgan fingerprint density at radius 3 is 1.21 bits per heavy atom. The molecule has 0 bridgehead atoms. The second kappa shape index (κ2) is 38.3. The normalized spacial score (nSPS) is 16.1. The van der Waals surface area contributed by atoms with Gasteiger partial charge in [-0.25, -0.2) is 17.6 Å². The van der Waals surface area contributed by atoms with E-state index in [0.717, 1.165) is 80.0 Å². The molecule has 4 aromatic rings. The van der Waals surface area contributed by atoms with Gasteiger partial charge in [-0.3, -0.25) is 9.59 Å². The molecule has 0 aromatic heterocycles. The molecule has 2 aliphatic rings. The van der Waals surface area contributed by atoms with Gasteiger partial charge in [-0.15, -0.1) is 15.8 Å². The third kappa shape index (κ3) is 32.4. The van der Waals surface area contributed by atoms with E-state index in [-0.39, 0.29) is 74.7 Å². The first-order valence-electron chi connectivity index (χ1n) is 28.2. The maximum atomic E-state index is 13.7. The van der Waals surface area contributed by atoms with E-state index >= 15 is 0 Å². The predicted octanol–water partition coefficient (Wildman–Crippen LogP) is 15.2. The summed E-state index contributed by atoms with van der Waals surface area (Å²) in [5, 5.41) is 34.8. The van der Waals surface area contributed by atoms with E-state index in [0.29, 0.717) is 32.4 Å². The van der Waals surface area contributed by atoms with Crippen LogP contribution >= 0.6 is 54.4 Å². The average molecular weight is 1440 g/mol. The molecule has 2 saturated carbocycles. The number of carbonyl (C=O) groups excluding carboxylic acids is 2. The number of hydrogen-bond acceptors (Lipinski definition) is 6. The van der Waals surface area contributed by atoms with E-state index in [1.165, 1.54) is 66.5 Å². The van der Waals surface area contributed by atoms with Crippen molar-refractivity contribution in [1.82, 2.24) is 21.3 Å². The first-order valence-corrected chi connectivity index (χ1v) is 35.9. The summed E-state index contributed by atoms with van der Waals surface area (Å²) in [6.45, 7) is 30.0. The summed E-state index contributed by atoms with van der Waals surface area (Å²) in [5.41, 5.74) is 4.67. The molecular weight excluding hydrogens is 1340 g/mol. The summed E-state index contributed by atoms with van der Waals surface area (Å²) in [6, 6.07) is 22.1. The zero-order chi connectivity index (χ0) is 60.4. The molecule has 2 fully saturated rings. The topological polar surface area (TPSA) is 123 Å². The molecule has 0 unspecified atom stereocenters. The number of carbonyl (C=O) groups is 2. The third-order valence-corrected chi connectivity index (χ3v) is 15.9. The number of halogens is 6. The van der Waals surface area contributed by atoms with Crippen molar-refractivity contribution in [2.75, 3.05) is 57.5 Å². The fraction of sp³-hybridized carbons (Fsp3) is 0.594. The maximum absolute atomic E-state index is 13.7. The third-order valence-electron chi connectivity index (χ3n) is 13.2. The van der Waals surface area contributed by atoms with Crippen LogP contribution in [0.1, 0.15) is 147 Å². The molecule has 0 aliphatic heterocycles. The maximum Gasteiger partial charge on any atom is 0.217 e. The summed E-state index contributed by atoms with van der Waals surface area (Å²) >= 11 is 5.94. The molecule has 4 aromatic carbocycles. The van der Waals surface area contributed by atoms with Gasteiger partial charge in [-0.05, 0) is 160 Å². The van der Waals surface area contributed by atoms with Crippen molar-refractivity contribution < 1.29 is 57.8 Å². The number of alkyl halides is 1. The van der Waals surface area contributed by atoms with Crippen LogP contribution in [0.15, 0.2) is 89.4 Å². The molecule has 2 aliphatic carbocycles. The molecule has 0 saturated heterocycles. The first kappa shape index (κ1) is 77.1. The van der Waals surface area contributed by atoms with Crippen molar-refractivity contribution in [3.05, 3.63) is 140 Å². The number of aliphatic hydroxyl groups is 2. The van der Waals surface area contributed by atoms with Crippen molar-refractivity contribution in [2.24, 2.45) is 10.8 Å². The van der Waals surface area contributed by atoms with E-state index in [2.05, 4.69) is 178 Å². The summed E-state index contributed by atoms with van der Waals surface area (Å²) < 4.78 is 56.8. The van der Waals surface area contributed by atoms with Crippen molar-refractivity contribution in [1.29, 1.82) is 0 Å². The predicted molar refractivity (Wildman–Crippen MR) is 344 cm³/mol. The van der Waals surface area contributed by atoms with Crippen LogP contribution in [0.3, 0.4) is 0 Å². The largest absolute Gasteiger partial charge is 0.390 e. The summed E-state index contributed by atoms with van der Waals surface area (Å²) in [5.74, 6) is -3.32. The minimum absolute atomic E-state index is 0. The number of rotatable bonds is 17. The molecule has 0 radical (unpaired) electrons. The van der Waals surface area contributed by atoms with Crippen LogP contribution in [0, 0.1) is 34.1 Å². The van der Waals surface area contributed by atoms with Gasteiger partial charge in [-0.2, -0.15) is 0 Å². The zero-order valence-electron chi connectivity index (χ0n) is 50.9. The Labute approximate surface area is 524 Å². The van der Waals surface area contributed by atoms with E-state index in [9.17, 15) is 37.4 Å². The molecule has 6 rings (SSSR count). The number of nitrogens with one attached hydrogen (secondary N) is 4. The molecule has 460 valence electrons. The second-order valence-electron chi connectivity index (χ2n) is 25.1. The van der Waals surface area contributed by atoms with E-state index in [4.69, 9.17) is 0 Å². The Morgan fingerprint density at radius 2 is 0.901 bits per heavy atom. The van der Waals surface area contributed by atoms with Crippen LogP contribution < -0.4 is 21.3 Å². The molecule has 4 atom stereocenters. The smallest absolute Gasteiger partial charge is 0.217 e.